The van der Waals surface area contributed by atoms with Gasteiger partial charge in [-0.05, 0) is 64.0 Å². The van der Waals surface area contributed by atoms with Crippen molar-refractivity contribution in [2.24, 2.45) is 41.0 Å². The van der Waals surface area contributed by atoms with Crippen LogP contribution < -0.4 is 11.5 Å². The molecule has 1 aromatic carbocycles. The molecule has 1 fully saturated rings. The first-order valence-corrected chi connectivity index (χ1v) is 18.8. The standard InChI is InChI=1S/C22H24N2O8.C21H21NO8/c1-21(31)8-5-4-6-11(25)12(8)16(26)13-9(21)7-10-15(24(2)3)17(27)14(20(23)30)19(29)22(10,32)18(13)28;1-7-9-6-10-13(16(25)12-8(20(10,2)29)4-3-5-11(12)23)17(26)21(9,30)18(27)14(15(7)24)19(22)28/h4-6,9-10,15,25-26,29,31-32H,7H2,1-3H3,(H2,23,30);3-5,7,9-10,25-27,29-30H,6H2,1-2H3,(H2,22,28)/t9?,10?,15?,21-,22+;7?,9?,10?,20-,21+/m11/s1/i;3D,4D,5D,7D,10D. The SMILES string of the molecule is CN(C)C1C(=O)C(C(N)=O)=C(O)[C@@]2(O)C(=O)C3=C(O)c4c(O)cccc4[C@@](C)(O)C3CC12.[2H]C1=C([2H])C([2H])=C2C(=C(O)C3=C(O)[C@]4(O)C(O)=C(C(N)=O)C(=O)C([2H])(C)C4CC3([2H])[C@]2(C)O)C1=O. The molecule has 0 spiro atoms. The van der Waals surface area contributed by atoms with Gasteiger partial charge in [-0.3, -0.25) is 33.7 Å². The zero-order valence-corrected chi connectivity index (χ0v) is 33.5. The lowest BCUT2D eigenvalue weighted by Gasteiger charge is -2.53. The summed E-state index contributed by atoms with van der Waals surface area (Å²) in [5.74, 6) is -23.1. The summed E-state index contributed by atoms with van der Waals surface area (Å²) in [5, 5.41) is 111. The van der Waals surface area contributed by atoms with Gasteiger partial charge in [0, 0.05) is 43.4 Å². The fourth-order valence-corrected chi connectivity index (χ4v) is 10.0. The van der Waals surface area contributed by atoms with Gasteiger partial charge in [-0.15, -0.1) is 0 Å². The van der Waals surface area contributed by atoms with Crippen LogP contribution in [-0.4, -0.2) is 128 Å². The van der Waals surface area contributed by atoms with Crippen LogP contribution in [0.15, 0.2) is 92.8 Å². The number of nitrogens with zero attached hydrogens (tertiary/aromatic N) is 1. The quantitative estimate of drug-likeness (QED) is 0.177. The van der Waals surface area contributed by atoms with Gasteiger partial charge in [-0.2, -0.15) is 0 Å². The van der Waals surface area contributed by atoms with E-state index < -0.39 is 185 Å². The number of aromatic hydroxyl groups is 1. The number of phenols is 1. The topological polar surface area (TPSA) is 360 Å². The van der Waals surface area contributed by atoms with Gasteiger partial charge in [-0.1, -0.05) is 31.2 Å². The monoisotopic (exact) mass is 864 g/mol. The van der Waals surface area contributed by atoms with Crippen molar-refractivity contribution in [1.82, 2.24) is 4.90 Å². The van der Waals surface area contributed by atoms with E-state index in [0.717, 1.165) is 13.8 Å². The smallest absolute Gasteiger partial charge is 0.255 e. The van der Waals surface area contributed by atoms with Gasteiger partial charge in [-0.25, -0.2) is 0 Å². The molecule has 10 atom stereocenters. The number of carbonyl (C=O) groups excluding carboxylic acids is 6. The second-order valence-electron chi connectivity index (χ2n) is 16.7. The molecular weight excluding hydrogens is 814 g/mol. The maximum atomic E-state index is 13.7. The summed E-state index contributed by atoms with van der Waals surface area (Å²) >= 11 is 0. The Balaban J connectivity index is 0.000000200. The van der Waals surface area contributed by atoms with Crippen molar-refractivity contribution >= 4 is 40.7 Å². The molecule has 0 bridgehead atoms. The largest absolute Gasteiger partial charge is 0.508 e. The molecule has 19 nitrogen and oxygen atoms in total. The highest BCUT2D eigenvalue weighted by molar-refractivity contribution is 6.25. The van der Waals surface area contributed by atoms with Crippen molar-refractivity contribution in [1.29, 1.82) is 0 Å². The molecule has 6 unspecified atom stereocenters. The van der Waals surface area contributed by atoms with Crippen LogP contribution in [0.3, 0.4) is 0 Å². The van der Waals surface area contributed by atoms with E-state index in [1.807, 2.05) is 0 Å². The van der Waals surface area contributed by atoms with E-state index in [9.17, 15) is 79.8 Å². The summed E-state index contributed by atoms with van der Waals surface area (Å²) in [7, 11) is 3.01. The number of aliphatic hydroxyl groups is 9. The van der Waals surface area contributed by atoms with Crippen LogP contribution in [0.1, 0.15) is 51.6 Å². The zero-order chi connectivity index (χ0) is 50.7. The molecule has 0 aliphatic heterocycles. The van der Waals surface area contributed by atoms with E-state index >= 15 is 0 Å². The number of ketones is 4. The Morgan fingerprint density at radius 1 is 0.790 bits per heavy atom. The minimum atomic E-state index is -3.11. The zero-order valence-electron chi connectivity index (χ0n) is 38.5. The van der Waals surface area contributed by atoms with E-state index in [2.05, 4.69) is 0 Å². The van der Waals surface area contributed by atoms with Crippen molar-refractivity contribution in [2.45, 2.75) is 62.1 Å². The first-order valence-electron chi connectivity index (χ1n) is 21.3. The van der Waals surface area contributed by atoms with Crippen molar-refractivity contribution in [3.63, 3.8) is 0 Å². The third kappa shape index (κ3) is 5.41. The van der Waals surface area contributed by atoms with Crippen LogP contribution in [0.25, 0.3) is 5.76 Å². The summed E-state index contributed by atoms with van der Waals surface area (Å²) in [4.78, 5) is 77.5. The molecule has 0 heterocycles. The molecule has 1 saturated carbocycles. The minimum absolute atomic E-state index is 0.170. The summed E-state index contributed by atoms with van der Waals surface area (Å²) < 4.78 is 41.5. The van der Waals surface area contributed by atoms with Crippen LogP contribution in [-0.2, 0) is 34.4 Å². The van der Waals surface area contributed by atoms with E-state index in [4.69, 9.17) is 18.3 Å². The predicted octanol–water partition coefficient (Wildman–Crippen LogP) is -0.0471. The molecule has 0 radical (unpaired) electrons. The second kappa shape index (κ2) is 13.8. The van der Waals surface area contributed by atoms with E-state index in [1.54, 1.807) is 0 Å². The number of likely N-dealkylation sites (N-methyl/N-ethyl adjacent to an activating group) is 1. The second-order valence-corrected chi connectivity index (χ2v) is 16.7. The first-order chi connectivity index (χ1) is 30.6. The molecule has 14 N–H and O–H groups in total. The summed E-state index contributed by atoms with van der Waals surface area (Å²) in [6.07, 6.45) is -1.11. The van der Waals surface area contributed by atoms with Gasteiger partial charge >= 0.3 is 0 Å². The number of nitrogens with two attached hydrogens (primary N) is 2. The van der Waals surface area contributed by atoms with Gasteiger partial charge in [0.25, 0.3) is 11.8 Å². The number of Topliss-reactive ketones (excluding diaryl/α,β-unsaturated/α-hetero) is 3. The lowest BCUT2D eigenvalue weighted by atomic mass is 9.54. The van der Waals surface area contributed by atoms with E-state index in [-0.39, 0.29) is 17.5 Å². The molecule has 2 amide bonds. The van der Waals surface area contributed by atoms with Crippen LogP contribution in [0.4, 0.5) is 0 Å². The van der Waals surface area contributed by atoms with Gasteiger partial charge in [0.05, 0.1) is 32.5 Å². The highest BCUT2D eigenvalue weighted by Crippen LogP contribution is 2.59. The highest BCUT2D eigenvalue weighted by atomic mass is 16.4. The Morgan fingerprint density at radius 3 is 1.95 bits per heavy atom. The number of fused-ring (bicyclic) bond motifs is 6. The molecule has 19 heteroatoms. The number of rotatable bonds is 3. The maximum Gasteiger partial charge on any atom is 0.255 e. The number of allylic oxidation sites excluding steroid dienone is 4. The molecule has 1 aromatic rings. The number of amides is 2. The number of hydrogen-bond donors (Lipinski definition) is 12. The van der Waals surface area contributed by atoms with E-state index in [1.165, 1.54) is 44.1 Å². The Kier molecular flexibility index (Phi) is 8.33. The van der Waals surface area contributed by atoms with Gasteiger partial charge in [0.2, 0.25) is 5.78 Å². The predicted molar refractivity (Wildman–Crippen MR) is 212 cm³/mol. The third-order valence-corrected chi connectivity index (χ3v) is 13.2. The van der Waals surface area contributed by atoms with Gasteiger partial charge in [0.1, 0.15) is 45.7 Å². The van der Waals surface area contributed by atoms with Gasteiger partial charge < -0.3 is 62.5 Å². The van der Waals surface area contributed by atoms with Crippen LogP contribution in [0, 0.1) is 29.5 Å². The number of primary amides is 2. The molecule has 62 heavy (non-hydrogen) atoms. The Morgan fingerprint density at radius 2 is 1.37 bits per heavy atom. The number of phenolic OH excluding ortho intramolecular Hbond substituents is 1. The Labute approximate surface area is 358 Å². The lowest BCUT2D eigenvalue weighted by molar-refractivity contribution is -0.159. The summed E-state index contributed by atoms with van der Waals surface area (Å²) in [6.45, 7) is 3.29. The van der Waals surface area contributed by atoms with Gasteiger partial charge in [0.15, 0.2) is 28.6 Å². The number of hydrogen-bond acceptors (Lipinski definition) is 17. The minimum Gasteiger partial charge on any atom is -0.508 e. The molecule has 7 aliphatic rings. The fourth-order valence-electron chi connectivity index (χ4n) is 10.0. The fraction of sp³-hybridized carbons (Fsp3) is 0.395. The molecule has 8 rings (SSSR count). The van der Waals surface area contributed by atoms with Crippen LogP contribution in [0.2, 0.25) is 0 Å². The average Bonchev–Trinajstić information content (AvgIpc) is 3.21. The number of benzene rings is 1. The first kappa shape index (κ1) is 37.4. The third-order valence-electron chi connectivity index (χ3n) is 13.2. The highest BCUT2D eigenvalue weighted by Gasteiger charge is 2.67. The van der Waals surface area contributed by atoms with Crippen LogP contribution >= 0.6 is 0 Å². The number of carbonyl (C=O) groups is 6. The van der Waals surface area contributed by atoms with Crippen molar-refractivity contribution in [3.8, 4) is 5.75 Å². The molecule has 7 aliphatic carbocycles. The molecule has 0 saturated heterocycles. The number of aliphatic hydroxyl groups excluding tert-OH is 5. The van der Waals surface area contributed by atoms with Crippen molar-refractivity contribution in [2.75, 3.05) is 14.1 Å². The molecular formula is C43H45N3O16. The average molecular weight is 865 g/mol. The van der Waals surface area contributed by atoms with Crippen LogP contribution in [0.5, 0.6) is 5.75 Å². The molecule has 328 valence electrons. The van der Waals surface area contributed by atoms with Crippen molar-refractivity contribution < 1.29 is 86.7 Å². The summed E-state index contributed by atoms with van der Waals surface area (Å²) in [6, 6.07) is 0.266. The maximum absolute atomic E-state index is 13.7. The van der Waals surface area contributed by atoms with Crippen molar-refractivity contribution in [3.05, 3.63) is 104 Å². The Hall–Kier alpha value is -6.38. The lowest BCUT2D eigenvalue weighted by Crippen LogP contribution is -2.67. The summed E-state index contributed by atoms with van der Waals surface area (Å²) in [5.41, 5.74) is -4.88. The Bertz CT molecular complexity index is 2870. The molecule has 0 aromatic heterocycles. The van der Waals surface area contributed by atoms with E-state index in [0.29, 0.717) is 0 Å². The normalized spacial score (nSPS) is 40.3.